The van der Waals surface area contributed by atoms with Gasteiger partial charge in [0.05, 0.1) is 19.8 Å². The van der Waals surface area contributed by atoms with Crippen LogP contribution in [0.5, 0.6) is 0 Å². The highest BCUT2D eigenvalue weighted by Gasteiger charge is 2.30. The van der Waals surface area contributed by atoms with Crippen molar-refractivity contribution in [3.05, 3.63) is 0 Å². The Labute approximate surface area is 128 Å². The third kappa shape index (κ3) is 3.96. The van der Waals surface area contributed by atoms with Crippen molar-refractivity contribution >= 4 is 5.91 Å². The Hall–Kier alpha value is -0.650. The fraction of sp³-hybridized carbons (Fsp3) is 0.938. The maximum absolute atomic E-state index is 12.4. The van der Waals surface area contributed by atoms with Crippen LogP contribution in [-0.2, 0) is 9.53 Å². The number of likely N-dealkylation sites (tertiary alicyclic amines) is 2. The van der Waals surface area contributed by atoms with Gasteiger partial charge in [-0.1, -0.05) is 6.92 Å². The highest BCUT2D eigenvalue weighted by atomic mass is 16.5. The van der Waals surface area contributed by atoms with E-state index in [4.69, 9.17) is 4.74 Å². The van der Waals surface area contributed by atoms with Crippen molar-refractivity contribution in [3.8, 4) is 0 Å². The van der Waals surface area contributed by atoms with Crippen LogP contribution in [-0.4, -0.2) is 85.7 Å². The van der Waals surface area contributed by atoms with Gasteiger partial charge < -0.3 is 9.64 Å². The Kier molecular flexibility index (Phi) is 5.14. The van der Waals surface area contributed by atoms with Gasteiger partial charge in [0.2, 0.25) is 5.91 Å². The molecule has 3 aliphatic rings. The topological polar surface area (TPSA) is 36.0 Å². The van der Waals surface area contributed by atoms with Crippen molar-refractivity contribution in [1.82, 2.24) is 14.7 Å². The van der Waals surface area contributed by atoms with Gasteiger partial charge in [0.15, 0.2) is 0 Å². The van der Waals surface area contributed by atoms with Gasteiger partial charge in [-0.2, -0.15) is 0 Å². The van der Waals surface area contributed by atoms with E-state index in [1.54, 1.807) is 0 Å². The summed E-state index contributed by atoms with van der Waals surface area (Å²) in [4.78, 5) is 19.4. The molecule has 21 heavy (non-hydrogen) atoms. The molecule has 3 aliphatic heterocycles. The van der Waals surface area contributed by atoms with Crippen molar-refractivity contribution in [2.75, 3.05) is 59.0 Å². The van der Waals surface area contributed by atoms with Gasteiger partial charge in [-0.25, -0.2) is 0 Å². The average Bonchev–Trinajstić information content (AvgIpc) is 2.97. The number of piperidine rings is 1. The molecule has 3 saturated heterocycles. The van der Waals surface area contributed by atoms with E-state index in [0.29, 0.717) is 18.5 Å². The fourth-order valence-corrected chi connectivity index (χ4v) is 3.75. The van der Waals surface area contributed by atoms with Crippen LogP contribution in [0.2, 0.25) is 0 Å². The summed E-state index contributed by atoms with van der Waals surface area (Å²) in [5.74, 6) is 1.12. The molecule has 0 aliphatic carbocycles. The van der Waals surface area contributed by atoms with Crippen LogP contribution >= 0.6 is 0 Å². The van der Waals surface area contributed by atoms with Crippen LogP contribution in [0.15, 0.2) is 0 Å². The molecule has 3 heterocycles. The quantitative estimate of drug-likeness (QED) is 0.766. The minimum Gasteiger partial charge on any atom is -0.379 e. The monoisotopic (exact) mass is 295 g/mol. The first kappa shape index (κ1) is 15.3. The highest BCUT2D eigenvalue weighted by molar-refractivity contribution is 5.78. The molecule has 1 amide bonds. The highest BCUT2D eigenvalue weighted by Crippen LogP contribution is 2.19. The standard InChI is InChI=1S/C16H29N3O2/c1-14-2-6-19(7-3-14)16(20)13-17-5-4-15(12-17)18-8-10-21-11-9-18/h14-15H,2-13H2,1H3. The molecule has 5 heteroatoms. The maximum Gasteiger partial charge on any atom is 0.236 e. The number of hydrogen-bond donors (Lipinski definition) is 0. The summed E-state index contributed by atoms with van der Waals surface area (Å²) in [5.41, 5.74) is 0. The summed E-state index contributed by atoms with van der Waals surface area (Å²) in [6, 6.07) is 0.628. The molecule has 120 valence electrons. The number of morpholine rings is 1. The van der Waals surface area contributed by atoms with Crippen LogP contribution in [0.4, 0.5) is 0 Å². The molecule has 0 bridgehead atoms. The second kappa shape index (κ2) is 7.07. The molecular formula is C16H29N3O2. The van der Waals surface area contributed by atoms with Crippen LogP contribution in [0.3, 0.4) is 0 Å². The van der Waals surface area contributed by atoms with Crippen molar-refractivity contribution in [1.29, 1.82) is 0 Å². The zero-order valence-electron chi connectivity index (χ0n) is 13.3. The Balaban J connectivity index is 1.42. The minimum absolute atomic E-state index is 0.338. The van der Waals surface area contributed by atoms with Gasteiger partial charge in [-0.15, -0.1) is 0 Å². The summed E-state index contributed by atoms with van der Waals surface area (Å²) in [6.07, 6.45) is 3.54. The summed E-state index contributed by atoms with van der Waals surface area (Å²) in [5, 5.41) is 0. The first-order chi connectivity index (χ1) is 10.2. The van der Waals surface area contributed by atoms with Crippen molar-refractivity contribution in [3.63, 3.8) is 0 Å². The number of nitrogens with zero attached hydrogens (tertiary/aromatic N) is 3. The first-order valence-corrected chi connectivity index (χ1v) is 8.54. The second-order valence-electron chi connectivity index (χ2n) is 6.89. The predicted molar refractivity (Wildman–Crippen MR) is 82.2 cm³/mol. The predicted octanol–water partition coefficient (Wildman–Crippen LogP) is 0.651. The number of carbonyl (C=O) groups excluding carboxylic acids is 1. The number of ether oxygens (including phenoxy) is 1. The lowest BCUT2D eigenvalue weighted by atomic mass is 9.99. The van der Waals surface area contributed by atoms with Gasteiger partial charge in [0.25, 0.3) is 0 Å². The number of carbonyl (C=O) groups is 1. The Morgan fingerprint density at radius 3 is 2.48 bits per heavy atom. The van der Waals surface area contributed by atoms with E-state index in [9.17, 15) is 4.79 Å². The van der Waals surface area contributed by atoms with Gasteiger partial charge >= 0.3 is 0 Å². The van der Waals surface area contributed by atoms with Gasteiger partial charge in [-0.3, -0.25) is 14.6 Å². The van der Waals surface area contributed by atoms with Crippen LogP contribution in [0.1, 0.15) is 26.2 Å². The lowest BCUT2D eigenvalue weighted by molar-refractivity contribution is -0.133. The fourth-order valence-electron chi connectivity index (χ4n) is 3.75. The molecule has 3 fully saturated rings. The van der Waals surface area contributed by atoms with Gasteiger partial charge in [-0.05, 0) is 25.2 Å². The number of rotatable bonds is 3. The average molecular weight is 295 g/mol. The van der Waals surface area contributed by atoms with Gasteiger partial charge in [0, 0.05) is 45.3 Å². The Morgan fingerprint density at radius 2 is 1.76 bits per heavy atom. The Morgan fingerprint density at radius 1 is 1.05 bits per heavy atom. The van der Waals surface area contributed by atoms with Crippen molar-refractivity contribution in [2.24, 2.45) is 5.92 Å². The Bertz CT molecular complexity index is 349. The molecule has 3 rings (SSSR count). The third-order valence-electron chi connectivity index (χ3n) is 5.30. The van der Waals surface area contributed by atoms with Crippen LogP contribution in [0.25, 0.3) is 0 Å². The molecule has 1 atom stereocenters. The second-order valence-corrected chi connectivity index (χ2v) is 6.89. The summed E-state index contributed by atoms with van der Waals surface area (Å²) < 4.78 is 5.42. The van der Waals surface area contributed by atoms with Crippen molar-refractivity contribution < 1.29 is 9.53 Å². The van der Waals surface area contributed by atoms with Crippen molar-refractivity contribution in [2.45, 2.75) is 32.2 Å². The normalized spacial score (nSPS) is 30.0. The van der Waals surface area contributed by atoms with E-state index >= 15 is 0 Å². The zero-order chi connectivity index (χ0) is 14.7. The molecule has 5 nitrogen and oxygen atoms in total. The van der Waals surface area contributed by atoms with E-state index in [1.165, 1.54) is 19.3 Å². The lowest BCUT2D eigenvalue weighted by Gasteiger charge is -2.33. The first-order valence-electron chi connectivity index (χ1n) is 8.54. The van der Waals surface area contributed by atoms with Gasteiger partial charge in [0.1, 0.15) is 0 Å². The van der Waals surface area contributed by atoms with E-state index in [1.807, 2.05) is 0 Å². The smallest absolute Gasteiger partial charge is 0.236 e. The molecule has 0 aromatic rings. The summed E-state index contributed by atoms with van der Waals surface area (Å²) >= 11 is 0. The molecule has 0 N–H and O–H groups in total. The largest absolute Gasteiger partial charge is 0.379 e. The molecule has 0 aromatic heterocycles. The lowest BCUT2D eigenvalue weighted by Crippen LogP contribution is -2.46. The summed E-state index contributed by atoms with van der Waals surface area (Å²) in [7, 11) is 0. The molecule has 0 radical (unpaired) electrons. The van der Waals surface area contributed by atoms with E-state index in [0.717, 1.165) is 58.4 Å². The van der Waals surface area contributed by atoms with Crippen LogP contribution in [0, 0.1) is 5.92 Å². The zero-order valence-corrected chi connectivity index (χ0v) is 13.3. The molecule has 0 spiro atoms. The SMILES string of the molecule is CC1CCN(C(=O)CN2CCC(N3CCOCC3)C2)CC1. The van der Waals surface area contributed by atoms with E-state index in [2.05, 4.69) is 21.6 Å². The number of hydrogen-bond acceptors (Lipinski definition) is 4. The summed E-state index contributed by atoms with van der Waals surface area (Å²) in [6.45, 7) is 10.8. The molecule has 0 saturated carbocycles. The minimum atomic E-state index is 0.338. The van der Waals surface area contributed by atoms with E-state index in [-0.39, 0.29) is 0 Å². The van der Waals surface area contributed by atoms with Crippen LogP contribution < -0.4 is 0 Å². The maximum atomic E-state index is 12.4. The molecule has 1 unspecified atom stereocenters. The van der Waals surface area contributed by atoms with E-state index < -0.39 is 0 Å². The molecular weight excluding hydrogens is 266 g/mol. The number of amides is 1. The third-order valence-corrected chi connectivity index (χ3v) is 5.30. The molecule has 0 aromatic carbocycles.